The van der Waals surface area contributed by atoms with Crippen molar-refractivity contribution in [1.82, 2.24) is 10.6 Å². The molecule has 1 amide bonds. The van der Waals surface area contributed by atoms with Gasteiger partial charge in [0, 0.05) is 11.6 Å². The molecule has 1 aliphatic heterocycles. The van der Waals surface area contributed by atoms with Gasteiger partial charge in [-0.05, 0) is 32.2 Å². The molecule has 21 heavy (non-hydrogen) atoms. The summed E-state index contributed by atoms with van der Waals surface area (Å²) in [6, 6.07) is -0.634. The molecule has 1 saturated carbocycles. The number of hydrogen-bond donors (Lipinski definition) is 2. The first-order valence-corrected chi connectivity index (χ1v) is 7.17. The van der Waals surface area contributed by atoms with E-state index in [0.717, 1.165) is 32.1 Å². The van der Waals surface area contributed by atoms with E-state index in [9.17, 15) is 26.7 Å². The average Bonchev–Trinajstić information content (AvgIpc) is 2.38. The van der Waals surface area contributed by atoms with E-state index < -0.39 is 24.0 Å². The Morgan fingerprint density at radius 3 is 2.29 bits per heavy atom. The maximum Gasteiger partial charge on any atom is 0.463 e. The Morgan fingerprint density at radius 1 is 1.10 bits per heavy atom. The van der Waals surface area contributed by atoms with Gasteiger partial charge in [0.25, 0.3) is 0 Å². The van der Waals surface area contributed by atoms with Gasteiger partial charge in [0.1, 0.15) is 0 Å². The normalized spacial score (nSPS) is 26.6. The molecule has 0 aromatic rings. The number of amides is 1. The highest BCUT2D eigenvalue weighted by atomic mass is 19.4. The van der Waals surface area contributed by atoms with Gasteiger partial charge < -0.3 is 10.6 Å². The molecule has 1 spiro atoms. The summed E-state index contributed by atoms with van der Waals surface area (Å²) in [6.07, 6.45) is -0.226. The molecule has 2 N–H and O–H groups in total. The van der Waals surface area contributed by atoms with Crippen molar-refractivity contribution < 1.29 is 26.7 Å². The Morgan fingerprint density at radius 2 is 1.71 bits per heavy atom. The van der Waals surface area contributed by atoms with Crippen LogP contribution in [0.4, 0.5) is 22.0 Å². The van der Waals surface area contributed by atoms with Gasteiger partial charge >= 0.3 is 18.0 Å². The summed E-state index contributed by atoms with van der Waals surface area (Å²) in [5.41, 5.74) is -0.220. The lowest BCUT2D eigenvalue weighted by Crippen LogP contribution is -2.60. The second kappa shape index (κ2) is 5.70. The molecule has 0 aromatic carbocycles. The predicted octanol–water partition coefficient (Wildman–Crippen LogP) is 2.76. The molecule has 2 aliphatic rings. The molecule has 0 radical (unpaired) electrons. The maximum absolute atomic E-state index is 13.0. The van der Waals surface area contributed by atoms with Crippen molar-refractivity contribution in [2.75, 3.05) is 6.54 Å². The molecular formula is C13H19F5N2O. The molecule has 8 heteroatoms. The summed E-state index contributed by atoms with van der Waals surface area (Å²) >= 11 is 0. The van der Waals surface area contributed by atoms with Crippen LogP contribution in [0.5, 0.6) is 0 Å². The van der Waals surface area contributed by atoms with Crippen LogP contribution >= 0.6 is 0 Å². The van der Waals surface area contributed by atoms with Crippen LogP contribution in [0.15, 0.2) is 0 Å². The number of hydrogen-bond acceptors (Lipinski definition) is 2. The zero-order valence-corrected chi connectivity index (χ0v) is 11.5. The van der Waals surface area contributed by atoms with Gasteiger partial charge in [0.15, 0.2) is 0 Å². The number of nitrogens with one attached hydrogen (secondary N) is 2. The summed E-state index contributed by atoms with van der Waals surface area (Å²) in [5, 5.41) is 5.23. The highest BCUT2D eigenvalue weighted by Gasteiger charge is 2.63. The smallest absolute Gasteiger partial charge is 0.348 e. The lowest BCUT2D eigenvalue weighted by molar-refractivity contribution is -0.270. The SMILES string of the molecule is O=C(NC1CCNC2(CCCCC2)C1)C(F)(F)C(F)(F)F. The predicted molar refractivity (Wildman–Crippen MR) is 66.0 cm³/mol. The molecule has 122 valence electrons. The van der Waals surface area contributed by atoms with Crippen molar-refractivity contribution in [3.63, 3.8) is 0 Å². The quantitative estimate of drug-likeness (QED) is 0.770. The second-order valence-corrected chi connectivity index (χ2v) is 6.00. The number of carbonyl (C=O) groups is 1. The number of alkyl halides is 5. The molecule has 1 saturated heterocycles. The minimum atomic E-state index is -5.85. The summed E-state index contributed by atoms with van der Waals surface area (Å²) < 4.78 is 62.4. The van der Waals surface area contributed by atoms with Gasteiger partial charge in [-0.3, -0.25) is 4.79 Å². The average molecular weight is 314 g/mol. The maximum atomic E-state index is 13.0. The van der Waals surface area contributed by atoms with Crippen LogP contribution in [-0.4, -0.2) is 36.1 Å². The minimum absolute atomic E-state index is 0.220. The van der Waals surface area contributed by atoms with Crippen LogP contribution in [-0.2, 0) is 4.79 Å². The Balaban J connectivity index is 1.98. The molecule has 1 unspecified atom stereocenters. The molecule has 3 nitrogen and oxygen atoms in total. The first kappa shape index (κ1) is 16.5. The molecule has 1 aliphatic carbocycles. The molecular weight excluding hydrogens is 295 g/mol. The molecule has 2 fully saturated rings. The summed E-state index contributed by atoms with van der Waals surface area (Å²) in [5.74, 6) is -7.58. The zero-order chi connectivity index (χ0) is 15.7. The summed E-state index contributed by atoms with van der Waals surface area (Å²) in [6.45, 7) is 0.516. The number of halogens is 5. The van der Waals surface area contributed by atoms with Crippen molar-refractivity contribution in [2.24, 2.45) is 0 Å². The number of rotatable bonds is 2. The first-order chi connectivity index (χ1) is 9.66. The zero-order valence-electron chi connectivity index (χ0n) is 11.5. The summed E-state index contributed by atoms with van der Waals surface area (Å²) in [4.78, 5) is 11.2. The highest BCUT2D eigenvalue weighted by molar-refractivity contribution is 5.84. The van der Waals surface area contributed by atoms with Crippen molar-refractivity contribution in [3.8, 4) is 0 Å². The minimum Gasteiger partial charge on any atom is -0.348 e. The Kier molecular flexibility index (Phi) is 4.46. The van der Waals surface area contributed by atoms with E-state index in [1.807, 2.05) is 5.32 Å². The standard InChI is InChI=1S/C13H19F5N2O/c14-12(15,13(16,17)18)10(21)20-9-4-7-19-11(8-9)5-2-1-3-6-11/h9,19H,1-8H2,(H,20,21). The lowest BCUT2D eigenvalue weighted by Gasteiger charge is -2.45. The van der Waals surface area contributed by atoms with Crippen molar-refractivity contribution >= 4 is 5.91 Å². The third-order valence-corrected chi connectivity index (χ3v) is 4.42. The van der Waals surface area contributed by atoms with Crippen molar-refractivity contribution in [2.45, 2.75) is 68.6 Å². The van der Waals surface area contributed by atoms with E-state index in [4.69, 9.17) is 0 Å². The van der Waals surface area contributed by atoms with Crippen molar-refractivity contribution in [1.29, 1.82) is 0 Å². The largest absolute Gasteiger partial charge is 0.463 e. The monoisotopic (exact) mass is 314 g/mol. The van der Waals surface area contributed by atoms with Gasteiger partial charge in [-0.1, -0.05) is 19.3 Å². The van der Waals surface area contributed by atoms with Gasteiger partial charge in [-0.2, -0.15) is 22.0 Å². The Bertz CT molecular complexity index is 385. The molecule has 1 atom stereocenters. The van der Waals surface area contributed by atoms with E-state index in [2.05, 4.69) is 5.32 Å². The van der Waals surface area contributed by atoms with E-state index in [1.54, 1.807) is 0 Å². The highest BCUT2D eigenvalue weighted by Crippen LogP contribution is 2.37. The van der Waals surface area contributed by atoms with Crippen LogP contribution in [0, 0.1) is 0 Å². The molecule has 0 aromatic heterocycles. The number of carbonyl (C=O) groups excluding carboxylic acids is 1. The van der Waals surface area contributed by atoms with Crippen molar-refractivity contribution in [3.05, 3.63) is 0 Å². The Labute approximate surface area is 119 Å². The topological polar surface area (TPSA) is 41.1 Å². The fourth-order valence-corrected chi connectivity index (χ4v) is 3.29. The fraction of sp³-hybridized carbons (Fsp3) is 0.923. The van der Waals surface area contributed by atoms with Gasteiger partial charge in [-0.15, -0.1) is 0 Å². The first-order valence-electron chi connectivity index (χ1n) is 7.17. The van der Waals surface area contributed by atoms with E-state index >= 15 is 0 Å². The molecule has 2 rings (SSSR count). The molecule has 1 heterocycles. The second-order valence-electron chi connectivity index (χ2n) is 6.00. The van der Waals surface area contributed by atoms with E-state index in [-0.39, 0.29) is 5.54 Å². The third kappa shape index (κ3) is 3.46. The third-order valence-electron chi connectivity index (χ3n) is 4.42. The van der Waals surface area contributed by atoms with Gasteiger partial charge in [-0.25, -0.2) is 0 Å². The number of piperidine rings is 1. The van der Waals surface area contributed by atoms with Gasteiger partial charge in [0.2, 0.25) is 0 Å². The van der Waals surface area contributed by atoms with E-state index in [0.29, 0.717) is 19.4 Å². The fourth-order valence-electron chi connectivity index (χ4n) is 3.29. The Hall–Kier alpha value is -0.920. The van der Waals surface area contributed by atoms with Crippen LogP contribution in [0.2, 0.25) is 0 Å². The van der Waals surface area contributed by atoms with Crippen LogP contribution in [0.1, 0.15) is 44.9 Å². The van der Waals surface area contributed by atoms with Crippen LogP contribution in [0.25, 0.3) is 0 Å². The van der Waals surface area contributed by atoms with Crippen LogP contribution in [0.3, 0.4) is 0 Å². The van der Waals surface area contributed by atoms with Crippen LogP contribution < -0.4 is 10.6 Å². The molecule has 0 bridgehead atoms. The summed E-state index contributed by atoms with van der Waals surface area (Å²) in [7, 11) is 0. The van der Waals surface area contributed by atoms with Gasteiger partial charge in [0.05, 0.1) is 0 Å². The van der Waals surface area contributed by atoms with E-state index in [1.165, 1.54) is 0 Å². The lowest BCUT2D eigenvalue weighted by atomic mass is 9.75.